The maximum Gasteiger partial charge on any atom is 0.417 e. The number of nitrogens with one attached hydrogen (secondary N) is 1. The van der Waals surface area contributed by atoms with Crippen molar-refractivity contribution >= 4 is 28.6 Å². The molecule has 1 amide bonds. The lowest BCUT2D eigenvalue weighted by molar-refractivity contribution is -0.137. The summed E-state index contributed by atoms with van der Waals surface area (Å²) in [4.78, 5) is 17.2. The summed E-state index contributed by atoms with van der Waals surface area (Å²) >= 11 is 0. The standard InChI is InChI=1S/C27H25F3N6O2/c1-38-24-5-3-2-4-21(24)23-9-7-19-15-32-26(34-36(19)23)33-18-6-8-20(22(14-18)27(28,29)30)17-10-12-35(13-11-17)16-25(31)37/h2-10,14-15H,11-13,16H2,1H3,(H2,31,37)(H,33,34). The molecule has 196 valence electrons. The lowest BCUT2D eigenvalue weighted by Gasteiger charge is -2.26. The van der Waals surface area contributed by atoms with Gasteiger partial charge in [0.25, 0.3) is 0 Å². The van der Waals surface area contributed by atoms with Gasteiger partial charge < -0.3 is 15.8 Å². The van der Waals surface area contributed by atoms with Crippen molar-refractivity contribution in [3.63, 3.8) is 0 Å². The van der Waals surface area contributed by atoms with Crippen LogP contribution in [-0.2, 0) is 11.0 Å². The Morgan fingerprint density at radius 3 is 2.66 bits per heavy atom. The Hall–Kier alpha value is -4.38. The van der Waals surface area contributed by atoms with Crippen molar-refractivity contribution in [2.75, 3.05) is 32.1 Å². The fourth-order valence-electron chi connectivity index (χ4n) is 4.60. The molecule has 0 aliphatic carbocycles. The number of nitrogens with zero attached hydrogens (tertiary/aromatic N) is 4. The van der Waals surface area contributed by atoms with Gasteiger partial charge in [0.15, 0.2) is 0 Å². The predicted molar refractivity (Wildman–Crippen MR) is 138 cm³/mol. The minimum Gasteiger partial charge on any atom is -0.496 e. The van der Waals surface area contributed by atoms with E-state index in [1.54, 1.807) is 34.9 Å². The summed E-state index contributed by atoms with van der Waals surface area (Å²) < 4.78 is 49.4. The molecule has 0 radical (unpaired) electrons. The third-order valence-corrected chi connectivity index (χ3v) is 6.38. The number of methoxy groups -OCH3 is 1. The van der Waals surface area contributed by atoms with E-state index in [9.17, 15) is 18.0 Å². The molecule has 2 aromatic heterocycles. The van der Waals surface area contributed by atoms with E-state index in [0.717, 1.165) is 22.8 Å². The molecule has 8 nitrogen and oxygen atoms in total. The molecule has 0 saturated heterocycles. The van der Waals surface area contributed by atoms with E-state index in [1.165, 1.54) is 6.07 Å². The largest absolute Gasteiger partial charge is 0.496 e. The highest BCUT2D eigenvalue weighted by molar-refractivity contribution is 5.77. The summed E-state index contributed by atoms with van der Waals surface area (Å²) in [6.45, 7) is 0.878. The van der Waals surface area contributed by atoms with E-state index in [2.05, 4.69) is 15.4 Å². The van der Waals surface area contributed by atoms with Crippen LogP contribution in [0.25, 0.3) is 22.3 Å². The van der Waals surface area contributed by atoms with Crippen LogP contribution in [0.15, 0.2) is 66.9 Å². The van der Waals surface area contributed by atoms with Gasteiger partial charge in [-0.25, -0.2) is 9.50 Å². The fourth-order valence-corrected chi connectivity index (χ4v) is 4.60. The second kappa shape index (κ2) is 10.2. The van der Waals surface area contributed by atoms with Gasteiger partial charge in [0.2, 0.25) is 11.9 Å². The normalized spacial score (nSPS) is 14.4. The second-order valence-electron chi connectivity index (χ2n) is 8.90. The van der Waals surface area contributed by atoms with Crippen LogP contribution in [0.2, 0.25) is 0 Å². The molecule has 0 unspecified atom stereocenters. The molecule has 11 heteroatoms. The highest BCUT2D eigenvalue weighted by Crippen LogP contribution is 2.39. The minimum atomic E-state index is -4.57. The van der Waals surface area contributed by atoms with Gasteiger partial charge in [-0.2, -0.15) is 13.2 Å². The maximum absolute atomic E-state index is 14.1. The van der Waals surface area contributed by atoms with Gasteiger partial charge in [-0.3, -0.25) is 9.69 Å². The van der Waals surface area contributed by atoms with Gasteiger partial charge in [-0.1, -0.05) is 24.3 Å². The number of carbonyl (C=O) groups excluding carboxylic acids is 1. The Morgan fingerprint density at radius 2 is 1.95 bits per heavy atom. The van der Waals surface area contributed by atoms with Crippen molar-refractivity contribution in [1.29, 1.82) is 0 Å². The Bertz CT molecular complexity index is 1530. The number of hydrogen-bond donors (Lipinski definition) is 2. The molecule has 1 aliphatic rings. The van der Waals surface area contributed by atoms with Gasteiger partial charge >= 0.3 is 6.18 Å². The van der Waals surface area contributed by atoms with Crippen molar-refractivity contribution in [3.05, 3.63) is 78.0 Å². The molecular formula is C27H25F3N6O2. The number of halogens is 3. The Kier molecular flexibility index (Phi) is 6.77. The highest BCUT2D eigenvalue weighted by Gasteiger charge is 2.35. The van der Waals surface area contributed by atoms with Crippen LogP contribution in [0.5, 0.6) is 5.75 Å². The first-order chi connectivity index (χ1) is 18.2. The number of hydrogen-bond acceptors (Lipinski definition) is 6. The van der Waals surface area contributed by atoms with Crippen molar-refractivity contribution in [2.45, 2.75) is 12.6 Å². The predicted octanol–water partition coefficient (Wildman–Crippen LogP) is 4.74. The number of para-hydroxylation sites is 1. The molecule has 0 spiro atoms. The molecule has 2 aromatic carbocycles. The van der Waals surface area contributed by atoms with Crippen molar-refractivity contribution in [1.82, 2.24) is 19.5 Å². The molecule has 0 fully saturated rings. The molecule has 3 N–H and O–H groups in total. The monoisotopic (exact) mass is 522 g/mol. The number of aromatic nitrogens is 3. The average molecular weight is 523 g/mol. The smallest absolute Gasteiger partial charge is 0.417 e. The van der Waals surface area contributed by atoms with E-state index < -0.39 is 17.6 Å². The highest BCUT2D eigenvalue weighted by atomic mass is 19.4. The molecule has 0 atom stereocenters. The van der Waals surface area contributed by atoms with Crippen LogP contribution in [0.1, 0.15) is 17.5 Å². The van der Waals surface area contributed by atoms with Gasteiger partial charge in [0, 0.05) is 24.3 Å². The van der Waals surface area contributed by atoms with E-state index in [1.807, 2.05) is 36.4 Å². The van der Waals surface area contributed by atoms with Gasteiger partial charge in [0.05, 0.1) is 36.6 Å². The molecule has 0 bridgehead atoms. The number of alkyl halides is 3. The number of amides is 1. The fraction of sp³-hybridized carbons (Fsp3) is 0.222. The van der Waals surface area contributed by atoms with Crippen LogP contribution in [0.3, 0.4) is 0 Å². The summed E-state index contributed by atoms with van der Waals surface area (Å²) in [7, 11) is 1.58. The first-order valence-corrected chi connectivity index (χ1v) is 11.9. The Labute approximate surface area is 216 Å². The van der Waals surface area contributed by atoms with Crippen LogP contribution >= 0.6 is 0 Å². The number of primary amides is 1. The Morgan fingerprint density at radius 1 is 1.13 bits per heavy atom. The van der Waals surface area contributed by atoms with E-state index in [4.69, 9.17) is 10.5 Å². The van der Waals surface area contributed by atoms with E-state index in [-0.39, 0.29) is 23.7 Å². The average Bonchev–Trinajstić information content (AvgIpc) is 3.31. The van der Waals surface area contributed by atoms with Crippen LogP contribution in [0, 0.1) is 0 Å². The van der Waals surface area contributed by atoms with Gasteiger partial charge in [-0.15, -0.1) is 5.10 Å². The number of ether oxygens (including phenoxy) is 1. The third-order valence-electron chi connectivity index (χ3n) is 6.38. The molecule has 4 aromatic rings. The quantitative estimate of drug-likeness (QED) is 0.364. The number of anilines is 2. The zero-order chi connectivity index (χ0) is 26.9. The molecule has 38 heavy (non-hydrogen) atoms. The lowest BCUT2D eigenvalue weighted by atomic mass is 9.94. The summed E-state index contributed by atoms with van der Waals surface area (Å²) in [5, 5.41) is 7.43. The third kappa shape index (κ3) is 5.18. The van der Waals surface area contributed by atoms with Crippen LogP contribution in [-0.4, -0.2) is 52.1 Å². The second-order valence-corrected chi connectivity index (χ2v) is 8.90. The van der Waals surface area contributed by atoms with Crippen molar-refractivity contribution < 1.29 is 22.7 Å². The van der Waals surface area contributed by atoms with Crippen LogP contribution < -0.4 is 15.8 Å². The van der Waals surface area contributed by atoms with Crippen LogP contribution in [0.4, 0.5) is 24.8 Å². The minimum absolute atomic E-state index is 0.0727. The number of fused-ring (bicyclic) bond motifs is 1. The number of nitrogens with two attached hydrogens (primary N) is 1. The zero-order valence-electron chi connectivity index (χ0n) is 20.5. The van der Waals surface area contributed by atoms with Crippen molar-refractivity contribution in [2.24, 2.45) is 5.73 Å². The Balaban J connectivity index is 1.45. The first-order valence-electron chi connectivity index (χ1n) is 11.9. The summed E-state index contributed by atoms with van der Waals surface area (Å²) in [5.41, 5.74) is 7.67. The lowest BCUT2D eigenvalue weighted by Crippen LogP contribution is -2.36. The zero-order valence-corrected chi connectivity index (χ0v) is 20.5. The summed E-state index contributed by atoms with van der Waals surface area (Å²) in [6, 6.07) is 15.3. The van der Waals surface area contributed by atoms with E-state index in [0.29, 0.717) is 30.8 Å². The molecule has 5 rings (SSSR count). The number of benzene rings is 2. The maximum atomic E-state index is 14.1. The van der Waals surface area contributed by atoms with Crippen molar-refractivity contribution in [3.8, 4) is 17.0 Å². The summed E-state index contributed by atoms with van der Waals surface area (Å²) in [5.74, 6) is 0.342. The number of rotatable bonds is 7. The molecule has 3 heterocycles. The van der Waals surface area contributed by atoms with Gasteiger partial charge in [0.1, 0.15) is 5.75 Å². The van der Waals surface area contributed by atoms with E-state index >= 15 is 0 Å². The van der Waals surface area contributed by atoms with Gasteiger partial charge in [-0.05, 0) is 54.0 Å². The molecule has 1 aliphatic heterocycles. The topological polar surface area (TPSA) is 97.8 Å². The summed E-state index contributed by atoms with van der Waals surface area (Å²) in [6.07, 6.45) is -0.882. The number of carbonyl (C=O) groups is 1. The molecular weight excluding hydrogens is 497 g/mol. The molecule has 0 saturated carbocycles. The first kappa shape index (κ1) is 25.3. The SMILES string of the molecule is COc1ccccc1-c1ccc2cnc(Nc3ccc(C4=CCN(CC(N)=O)CC4)c(C(F)(F)F)c3)nn12.